The van der Waals surface area contributed by atoms with Crippen molar-refractivity contribution >= 4 is 27.4 Å². The topological polar surface area (TPSA) is 92.5 Å². The molecule has 9 heteroatoms. The van der Waals surface area contributed by atoms with E-state index in [2.05, 4.69) is 4.98 Å². The third-order valence-corrected chi connectivity index (χ3v) is 5.54. The molecule has 1 unspecified atom stereocenters. The first-order valence-corrected chi connectivity index (χ1v) is 8.31. The van der Waals surface area contributed by atoms with Gasteiger partial charge < -0.3 is 9.67 Å². The van der Waals surface area contributed by atoms with Crippen LogP contribution in [0.3, 0.4) is 0 Å². The van der Waals surface area contributed by atoms with Crippen molar-refractivity contribution < 1.29 is 18.3 Å². The molecule has 1 fully saturated rings. The SMILES string of the molecule is Cn1c(Cl)cnc1CN(CC(=O)O)C1CCS(=O)(=O)C1. The fraction of sp³-hybridized carbons (Fsp3) is 0.636. The second kappa shape index (κ2) is 5.71. The molecule has 0 spiro atoms. The van der Waals surface area contributed by atoms with Crippen molar-refractivity contribution in [3.05, 3.63) is 17.2 Å². The first kappa shape index (κ1) is 15.3. The number of halogens is 1. The molecule has 7 nitrogen and oxygen atoms in total. The Hall–Kier alpha value is -1.12. The maximum Gasteiger partial charge on any atom is 0.317 e. The Bertz CT molecular complexity index is 613. The molecule has 20 heavy (non-hydrogen) atoms. The highest BCUT2D eigenvalue weighted by Crippen LogP contribution is 2.20. The van der Waals surface area contributed by atoms with Crippen LogP contribution in [0.1, 0.15) is 12.2 Å². The van der Waals surface area contributed by atoms with Crippen molar-refractivity contribution in [1.29, 1.82) is 0 Å². The van der Waals surface area contributed by atoms with E-state index in [1.165, 1.54) is 6.20 Å². The summed E-state index contributed by atoms with van der Waals surface area (Å²) in [6, 6.07) is -0.286. The van der Waals surface area contributed by atoms with Crippen molar-refractivity contribution in [2.75, 3.05) is 18.1 Å². The molecule has 0 aliphatic carbocycles. The first-order chi connectivity index (χ1) is 9.28. The normalized spacial score (nSPS) is 21.4. The number of hydrogen-bond donors (Lipinski definition) is 1. The maximum atomic E-state index is 11.5. The zero-order valence-corrected chi connectivity index (χ0v) is 12.6. The van der Waals surface area contributed by atoms with E-state index in [0.717, 1.165) is 0 Å². The van der Waals surface area contributed by atoms with E-state index in [-0.39, 0.29) is 30.6 Å². The third-order valence-electron chi connectivity index (χ3n) is 3.44. The Kier molecular flexibility index (Phi) is 4.36. The summed E-state index contributed by atoms with van der Waals surface area (Å²) in [5.74, 6) is -0.275. The highest BCUT2D eigenvalue weighted by molar-refractivity contribution is 7.91. The lowest BCUT2D eigenvalue weighted by atomic mass is 10.2. The summed E-state index contributed by atoms with van der Waals surface area (Å²) in [5.41, 5.74) is 0. The number of nitrogens with zero attached hydrogens (tertiary/aromatic N) is 3. The summed E-state index contributed by atoms with van der Waals surface area (Å²) >= 11 is 5.89. The number of rotatable bonds is 5. The van der Waals surface area contributed by atoms with Crippen molar-refractivity contribution in [2.45, 2.75) is 19.0 Å². The van der Waals surface area contributed by atoms with Gasteiger partial charge in [-0.2, -0.15) is 0 Å². The second-order valence-corrected chi connectivity index (χ2v) is 7.53. The lowest BCUT2D eigenvalue weighted by molar-refractivity contribution is -0.139. The number of carboxylic acids is 1. The second-order valence-electron chi connectivity index (χ2n) is 4.91. The van der Waals surface area contributed by atoms with Gasteiger partial charge in [0.15, 0.2) is 9.84 Å². The molecule has 1 aromatic heterocycles. The summed E-state index contributed by atoms with van der Waals surface area (Å²) < 4.78 is 24.7. The standard InChI is InChI=1S/C11H16ClN3O4S/c1-14-9(12)4-13-10(14)5-15(6-11(16)17)8-2-3-20(18,19)7-8/h4,8H,2-3,5-7H2,1H3,(H,16,17). The van der Waals surface area contributed by atoms with Crippen LogP contribution in [0.5, 0.6) is 0 Å². The van der Waals surface area contributed by atoms with Gasteiger partial charge in [-0.05, 0) is 6.42 Å². The highest BCUT2D eigenvalue weighted by Gasteiger charge is 2.33. The van der Waals surface area contributed by atoms with Gasteiger partial charge in [-0.25, -0.2) is 13.4 Å². The van der Waals surface area contributed by atoms with Gasteiger partial charge in [0.1, 0.15) is 11.0 Å². The highest BCUT2D eigenvalue weighted by atomic mass is 35.5. The monoisotopic (exact) mass is 321 g/mol. The summed E-state index contributed by atoms with van der Waals surface area (Å²) in [6.45, 7) is 0.0420. The number of aliphatic carboxylic acids is 1. The molecule has 0 saturated carbocycles. The molecular formula is C11H16ClN3O4S. The maximum absolute atomic E-state index is 11.5. The Labute approximate surface area is 122 Å². The van der Waals surface area contributed by atoms with Gasteiger partial charge in [-0.1, -0.05) is 11.6 Å². The minimum Gasteiger partial charge on any atom is -0.480 e. The van der Waals surface area contributed by atoms with Gasteiger partial charge in [0.2, 0.25) is 0 Å². The van der Waals surface area contributed by atoms with Gasteiger partial charge >= 0.3 is 5.97 Å². The van der Waals surface area contributed by atoms with E-state index in [4.69, 9.17) is 16.7 Å². The van der Waals surface area contributed by atoms with E-state index in [1.807, 2.05) is 0 Å². The summed E-state index contributed by atoms with van der Waals surface area (Å²) in [6.07, 6.45) is 1.94. The van der Waals surface area contributed by atoms with E-state index >= 15 is 0 Å². The third kappa shape index (κ3) is 3.50. The molecule has 0 radical (unpaired) electrons. The van der Waals surface area contributed by atoms with Gasteiger partial charge in [0, 0.05) is 13.1 Å². The Morgan fingerprint density at radius 2 is 2.35 bits per heavy atom. The molecular weight excluding hydrogens is 306 g/mol. The predicted octanol–water partition coefficient (Wildman–Crippen LogP) is 0.147. The lowest BCUT2D eigenvalue weighted by Crippen LogP contribution is -2.40. The van der Waals surface area contributed by atoms with Crippen LogP contribution >= 0.6 is 11.6 Å². The number of imidazole rings is 1. The molecule has 1 aliphatic heterocycles. The van der Waals surface area contributed by atoms with Gasteiger partial charge in [0.05, 0.1) is 30.8 Å². The van der Waals surface area contributed by atoms with Crippen molar-refractivity contribution in [2.24, 2.45) is 7.05 Å². The minimum atomic E-state index is -3.06. The number of sulfone groups is 1. The number of carbonyl (C=O) groups is 1. The zero-order valence-electron chi connectivity index (χ0n) is 11.0. The average molecular weight is 322 g/mol. The smallest absolute Gasteiger partial charge is 0.317 e. The largest absolute Gasteiger partial charge is 0.480 e. The lowest BCUT2D eigenvalue weighted by Gasteiger charge is -2.25. The van der Waals surface area contributed by atoms with E-state index in [9.17, 15) is 13.2 Å². The molecule has 2 heterocycles. The van der Waals surface area contributed by atoms with Crippen LogP contribution in [0.2, 0.25) is 5.15 Å². The molecule has 1 aromatic rings. The number of carboxylic acid groups (broad SMARTS) is 1. The van der Waals surface area contributed by atoms with Crippen LogP contribution in [0, 0.1) is 0 Å². The Morgan fingerprint density at radius 1 is 1.65 bits per heavy atom. The van der Waals surface area contributed by atoms with Crippen molar-refractivity contribution in [3.63, 3.8) is 0 Å². The molecule has 1 N–H and O–H groups in total. The van der Waals surface area contributed by atoms with Gasteiger partial charge in [0.25, 0.3) is 0 Å². The minimum absolute atomic E-state index is 0.00155. The fourth-order valence-electron chi connectivity index (χ4n) is 2.30. The van der Waals surface area contributed by atoms with Crippen LogP contribution in [-0.4, -0.2) is 58.0 Å². The van der Waals surface area contributed by atoms with Crippen LogP contribution in [0.4, 0.5) is 0 Å². The molecule has 112 valence electrons. The van der Waals surface area contributed by atoms with Crippen LogP contribution < -0.4 is 0 Å². The van der Waals surface area contributed by atoms with Gasteiger partial charge in [-0.3, -0.25) is 9.69 Å². The van der Waals surface area contributed by atoms with Crippen LogP contribution in [-0.2, 0) is 28.2 Å². The summed E-state index contributed by atoms with van der Waals surface area (Å²) in [4.78, 5) is 16.7. The summed E-state index contributed by atoms with van der Waals surface area (Å²) in [5, 5.41) is 9.44. The first-order valence-electron chi connectivity index (χ1n) is 6.11. The van der Waals surface area contributed by atoms with Crippen LogP contribution in [0.25, 0.3) is 0 Å². The molecule has 1 aliphatic rings. The molecule has 0 bridgehead atoms. The Morgan fingerprint density at radius 3 is 2.80 bits per heavy atom. The quantitative estimate of drug-likeness (QED) is 0.829. The van der Waals surface area contributed by atoms with Crippen LogP contribution in [0.15, 0.2) is 6.20 Å². The molecule has 1 atom stereocenters. The molecule has 0 amide bonds. The average Bonchev–Trinajstić information content (AvgIpc) is 2.84. The molecule has 2 rings (SSSR count). The van der Waals surface area contributed by atoms with E-state index in [1.54, 1.807) is 16.5 Å². The predicted molar refractivity (Wildman–Crippen MR) is 73.3 cm³/mol. The zero-order chi connectivity index (χ0) is 14.9. The fourth-order valence-corrected chi connectivity index (χ4v) is 4.21. The summed E-state index contributed by atoms with van der Waals surface area (Å²) in [7, 11) is -1.33. The Balaban J connectivity index is 2.16. The van der Waals surface area contributed by atoms with Crippen molar-refractivity contribution in [1.82, 2.24) is 14.5 Å². The van der Waals surface area contributed by atoms with E-state index in [0.29, 0.717) is 17.4 Å². The number of hydrogen-bond acceptors (Lipinski definition) is 5. The molecule has 0 aromatic carbocycles. The van der Waals surface area contributed by atoms with Crippen molar-refractivity contribution in [3.8, 4) is 0 Å². The molecule has 1 saturated heterocycles. The van der Waals surface area contributed by atoms with Gasteiger partial charge in [-0.15, -0.1) is 0 Å². The number of aromatic nitrogens is 2. The van der Waals surface area contributed by atoms with E-state index < -0.39 is 15.8 Å².